The van der Waals surface area contributed by atoms with Gasteiger partial charge >= 0.3 is 6.03 Å². The van der Waals surface area contributed by atoms with Gasteiger partial charge in [-0.25, -0.2) is 4.79 Å². The first-order chi connectivity index (χ1) is 13.0. The average Bonchev–Trinajstić information content (AvgIpc) is 3.04. The molecule has 1 atom stereocenters. The molecule has 27 heavy (non-hydrogen) atoms. The van der Waals surface area contributed by atoms with Crippen molar-refractivity contribution in [1.82, 2.24) is 5.32 Å². The second-order valence-corrected chi connectivity index (χ2v) is 7.05. The Balaban J connectivity index is 1.51. The van der Waals surface area contributed by atoms with Crippen LogP contribution in [0.3, 0.4) is 0 Å². The van der Waals surface area contributed by atoms with Gasteiger partial charge < -0.3 is 20.3 Å². The van der Waals surface area contributed by atoms with Crippen LogP contribution < -0.4 is 20.3 Å². The van der Waals surface area contributed by atoms with Crippen LogP contribution in [0.1, 0.15) is 6.42 Å². The van der Waals surface area contributed by atoms with E-state index in [0.29, 0.717) is 35.2 Å². The largest absolute Gasteiger partial charge is 0.497 e. The van der Waals surface area contributed by atoms with Crippen molar-refractivity contribution < 1.29 is 14.3 Å². The lowest BCUT2D eigenvalue weighted by Crippen LogP contribution is -2.34. The van der Waals surface area contributed by atoms with Crippen LogP contribution in [0, 0.1) is 5.92 Å². The van der Waals surface area contributed by atoms with Crippen molar-refractivity contribution in [2.24, 2.45) is 5.92 Å². The van der Waals surface area contributed by atoms with Crippen LogP contribution in [-0.4, -0.2) is 32.1 Å². The number of urea groups is 1. The van der Waals surface area contributed by atoms with E-state index in [9.17, 15) is 9.59 Å². The Labute approximate surface area is 167 Å². The van der Waals surface area contributed by atoms with Gasteiger partial charge in [0, 0.05) is 36.8 Å². The number of nitrogens with zero attached hydrogens (tertiary/aromatic N) is 1. The van der Waals surface area contributed by atoms with Crippen LogP contribution in [0.4, 0.5) is 16.2 Å². The van der Waals surface area contributed by atoms with E-state index >= 15 is 0 Å². The van der Waals surface area contributed by atoms with Crippen molar-refractivity contribution in [1.29, 1.82) is 0 Å². The molecule has 1 aliphatic heterocycles. The van der Waals surface area contributed by atoms with E-state index in [1.807, 2.05) is 24.3 Å². The number of halogens is 2. The van der Waals surface area contributed by atoms with Crippen molar-refractivity contribution in [3.05, 3.63) is 52.5 Å². The van der Waals surface area contributed by atoms with E-state index in [1.54, 1.807) is 30.2 Å². The summed E-state index contributed by atoms with van der Waals surface area (Å²) in [4.78, 5) is 26.1. The summed E-state index contributed by atoms with van der Waals surface area (Å²) in [5.41, 5.74) is 1.37. The van der Waals surface area contributed by atoms with Crippen LogP contribution in [0.2, 0.25) is 10.0 Å². The molecule has 3 rings (SSSR count). The molecule has 8 heteroatoms. The van der Waals surface area contributed by atoms with E-state index in [-0.39, 0.29) is 17.9 Å². The van der Waals surface area contributed by atoms with Crippen LogP contribution in [0.5, 0.6) is 5.75 Å². The normalized spacial score (nSPS) is 16.3. The number of hydrogen-bond acceptors (Lipinski definition) is 3. The molecule has 2 aromatic carbocycles. The maximum Gasteiger partial charge on any atom is 0.319 e. The summed E-state index contributed by atoms with van der Waals surface area (Å²) in [6.45, 7) is 0.948. The summed E-state index contributed by atoms with van der Waals surface area (Å²) >= 11 is 11.8. The number of nitrogens with one attached hydrogen (secondary N) is 2. The molecule has 1 unspecified atom stereocenters. The van der Waals surface area contributed by atoms with Crippen LogP contribution in [0.15, 0.2) is 42.5 Å². The number of amides is 3. The SMILES string of the molecule is COc1ccc(N2CC(CNC(=O)Nc3ccc(Cl)c(Cl)c3)CC2=O)cc1. The molecular formula is C19H19Cl2N3O3. The second kappa shape index (κ2) is 8.50. The molecule has 3 amide bonds. The summed E-state index contributed by atoms with van der Waals surface area (Å²) in [5, 5.41) is 6.28. The monoisotopic (exact) mass is 407 g/mol. The Hall–Kier alpha value is -2.44. The van der Waals surface area contributed by atoms with Crippen molar-refractivity contribution >= 4 is 46.5 Å². The lowest BCUT2D eigenvalue weighted by molar-refractivity contribution is -0.117. The molecule has 0 aliphatic carbocycles. The minimum absolute atomic E-state index is 0.0388. The minimum atomic E-state index is -0.358. The lowest BCUT2D eigenvalue weighted by atomic mass is 10.1. The molecule has 2 aromatic rings. The predicted octanol–water partition coefficient (Wildman–Crippen LogP) is 4.18. The zero-order chi connectivity index (χ0) is 19.4. The molecule has 142 valence electrons. The van der Waals surface area contributed by atoms with Crippen LogP contribution >= 0.6 is 23.2 Å². The fraction of sp³-hybridized carbons (Fsp3) is 0.263. The van der Waals surface area contributed by atoms with Crippen molar-refractivity contribution in [3.63, 3.8) is 0 Å². The van der Waals surface area contributed by atoms with E-state index < -0.39 is 0 Å². The van der Waals surface area contributed by atoms with Gasteiger partial charge in [0.1, 0.15) is 5.75 Å². The summed E-state index contributed by atoms with van der Waals surface area (Å²) in [7, 11) is 1.60. The van der Waals surface area contributed by atoms with E-state index in [4.69, 9.17) is 27.9 Å². The predicted molar refractivity (Wildman–Crippen MR) is 107 cm³/mol. The first-order valence-electron chi connectivity index (χ1n) is 8.40. The molecule has 0 radical (unpaired) electrons. The molecule has 1 saturated heterocycles. The van der Waals surface area contributed by atoms with Crippen LogP contribution in [-0.2, 0) is 4.79 Å². The number of carbonyl (C=O) groups is 2. The van der Waals surface area contributed by atoms with Gasteiger partial charge in [-0.2, -0.15) is 0 Å². The Morgan fingerprint density at radius 3 is 2.59 bits per heavy atom. The second-order valence-electron chi connectivity index (χ2n) is 6.24. The third kappa shape index (κ3) is 4.84. The molecule has 0 saturated carbocycles. The highest BCUT2D eigenvalue weighted by Gasteiger charge is 2.30. The Morgan fingerprint density at radius 1 is 1.19 bits per heavy atom. The number of methoxy groups -OCH3 is 1. The number of anilines is 2. The van der Waals surface area contributed by atoms with Crippen molar-refractivity contribution in [3.8, 4) is 5.75 Å². The van der Waals surface area contributed by atoms with Gasteiger partial charge in [0.15, 0.2) is 0 Å². The molecule has 0 bridgehead atoms. The third-order valence-corrected chi connectivity index (χ3v) is 5.06. The summed E-state index contributed by atoms with van der Waals surface area (Å²) < 4.78 is 5.13. The van der Waals surface area contributed by atoms with Crippen molar-refractivity contribution in [2.75, 3.05) is 30.4 Å². The molecule has 0 aromatic heterocycles. The maximum atomic E-state index is 12.3. The number of hydrogen-bond donors (Lipinski definition) is 2. The van der Waals surface area contributed by atoms with Crippen molar-refractivity contribution in [2.45, 2.75) is 6.42 Å². The molecule has 0 spiro atoms. The van der Waals surface area contributed by atoms with E-state index in [1.165, 1.54) is 0 Å². The lowest BCUT2D eigenvalue weighted by Gasteiger charge is -2.17. The van der Waals surface area contributed by atoms with Gasteiger partial charge in [-0.05, 0) is 42.5 Å². The van der Waals surface area contributed by atoms with Gasteiger partial charge in [-0.3, -0.25) is 4.79 Å². The standard InChI is InChI=1S/C19H19Cl2N3O3/c1-27-15-5-3-14(4-6-15)24-11-12(8-18(24)25)10-22-19(26)23-13-2-7-16(20)17(21)9-13/h2-7,9,12H,8,10-11H2,1H3,(H2,22,23,26). The number of ether oxygens (including phenoxy) is 1. The Kier molecular flexibility index (Phi) is 6.08. The van der Waals surface area contributed by atoms with Gasteiger partial charge in [0.25, 0.3) is 0 Å². The smallest absolute Gasteiger partial charge is 0.319 e. The minimum Gasteiger partial charge on any atom is -0.497 e. The quantitative estimate of drug-likeness (QED) is 0.780. The Morgan fingerprint density at radius 2 is 1.93 bits per heavy atom. The number of carbonyl (C=O) groups excluding carboxylic acids is 2. The fourth-order valence-corrected chi connectivity index (χ4v) is 3.21. The summed E-state index contributed by atoms with van der Waals surface area (Å²) in [6.07, 6.45) is 0.388. The van der Waals surface area contributed by atoms with E-state index in [2.05, 4.69) is 10.6 Å². The molecule has 2 N–H and O–H groups in total. The zero-order valence-corrected chi connectivity index (χ0v) is 16.2. The molecule has 6 nitrogen and oxygen atoms in total. The summed E-state index contributed by atoms with van der Waals surface area (Å²) in [6, 6.07) is 11.8. The van der Waals surface area contributed by atoms with Gasteiger partial charge in [0.2, 0.25) is 5.91 Å². The van der Waals surface area contributed by atoms with Gasteiger partial charge in [0.05, 0.1) is 17.2 Å². The molecule has 1 heterocycles. The highest BCUT2D eigenvalue weighted by Crippen LogP contribution is 2.27. The average molecular weight is 408 g/mol. The highest BCUT2D eigenvalue weighted by atomic mass is 35.5. The molecular weight excluding hydrogens is 389 g/mol. The summed E-state index contributed by atoms with van der Waals surface area (Å²) in [5.74, 6) is 0.818. The molecule has 1 aliphatic rings. The first kappa shape index (κ1) is 19.3. The topological polar surface area (TPSA) is 70.7 Å². The highest BCUT2D eigenvalue weighted by molar-refractivity contribution is 6.42. The van der Waals surface area contributed by atoms with Crippen LogP contribution in [0.25, 0.3) is 0 Å². The maximum absolute atomic E-state index is 12.3. The first-order valence-corrected chi connectivity index (χ1v) is 9.16. The third-order valence-electron chi connectivity index (χ3n) is 4.32. The zero-order valence-electron chi connectivity index (χ0n) is 14.7. The Bertz CT molecular complexity index is 843. The van der Waals surface area contributed by atoms with Gasteiger partial charge in [-0.15, -0.1) is 0 Å². The number of rotatable bonds is 5. The number of benzene rings is 2. The fourth-order valence-electron chi connectivity index (χ4n) is 2.92. The van der Waals surface area contributed by atoms with E-state index in [0.717, 1.165) is 11.4 Å². The van der Waals surface area contributed by atoms with Gasteiger partial charge in [-0.1, -0.05) is 23.2 Å². The molecule has 1 fully saturated rings.